The van der Waals surface area contributed by atoms with Crippen molar-refractivity contribution in [2.24, 2.45) is 5.92 Å². The largest absolute Gasteiger partial charge is 0.374 e. The minimum Gasteiger partial charge on any atom is -0.374 e. The molecule has 0 saturated carbocycles. The van der Waals surface area contributed by atoms with Gasteiger partial charge < -0.3 is 20.3 Å². The van der Waals surface area contributed by atoms with Gasteiger partial charge in [0.1, 0.15) is 0 Å². The Morgan fingerprint density at radius 3 is 2.60 bits per heavy atom. The second-order valence-corrected chi connectivity index (χ2v) is 8.33. The Morgan fingerprint density at radius 2 is 1.93 bits per heavy atom. The molecule has 30 heavy (non-hydrogen) atoms. The predicted molar refractivity (Wildman–Crippen MR) is 114 cm³/mol. The maximum Gasteiger partial charge on any atom is 0.251 e. The van der Waals surface area contributed by atoms with Crippen LogP contribution < -0.4 is 15.5 Å². The Kier molecular flexibility index (Phi) is 7.81. The summed E-state index contributed by atoms with van der Waals surface area (Å²) in [6.45, 7) is 8.85. The first kappa shape index (κ1) is 22.2. The highest BCUT2D eigenvalue weighted by Gasteiger charge is 2.23. The molecule has 8 nitrogen and oxygen atoms in total. The summed E-state index contributed by atoms with van der Waals surface area (Å²) in [5, 5.41) is 5.47. The van der Waals surface area contributed by atoms with Crippen molar-refractivity contribution in [3.05, 3.63) is 29.8 Å². The Hall–Kier alpha value is -2.45. The fraction of sp³-hybridized carbons (Fsp3) is 0.591. The highest BCUT2D eigenvalue weighted by atomic mass is 16.5. The highest BCUT2D eigenvalue weighted by molar-refractivity contribution is 5.98. The summed E-state index contributed by atoms with van der Waals surface area (Å²) >= 11 is 0. The molecule has 164 valence electrons. The van der Waals surface area contributed by atoms with Crippen LogP contribution in [0.3, 0.4) is 0 Å². The molecular formula is C22H32N4O4. The van der Waals surface area contributed by atoms with Crippen molar-refractivity contribution >= 4 is 23.4 Å². The number of amides is 3. The predicted octanol–water partition coefficient (Wildman–Crippen LogP) is 1.02. The van der Waals surface area contributed by atoms with Crippen molar-refractivity contribution < 1.29 is 19.1 Å². The van der Waals surface area contributed by atoms with Gasteiger partial charge in [0, 0.05) is 50.4 Å². The van der Waals surface area contributed by atoms with E-state index in [9.17, 15) is 14.4 Å². The number of morpholine rings is 1. The van der Waals surface area contributed by atoms with Crippen LogP contribution in [0.4, 0.5) is 5.69 Å². The smallest absolute Gasteiger partial charge is 0.251 e. The molecule has 1 atom stereocenters. The summed E-state index contributed by atoms with van der Waals surface area (Å²) in [6.07, 6.45) is 1.40. The minimum atomic E-state index is -0.318. The monoisotopic (exact) mass is 416 g/mol. The molecule has 2 aliphatic rings. The first-order chi connectivity index (χ1) is 14.4. The van der Waals surface area contributed by atoms with E-state index in [2.05, 4.69) is 29.4 Å². The highest BCUT2D eigenvalue weighted by Crippen LogP contribution is 2.21. The van der Waals surface area contributed by atoms with Gasteiger partial charge in [0.05, 0.1) is 19.3 Å². The van der Waals surface area contributed by atoms with E-state index in [1.807, 2.05) is 0 Å². The number of nitrogens with one attached hydrogen (secondary N) is 2. The zero-order chi connectivity index (χ0) is 21.5. The van der Waals surface area contributed by atoms with E-state index < -0.39 is 0 Å². The number of hydrogen-bond acceptors (Lipinski definition) is 5. The molecular weight excluding hydrogens is 384 g/mol. The van der Waals surface area contributed by atoms with Gasteiger partial charge in [-0.2, -0.15) is 0 Å². The number of carbonyl (C=O) groups is 3. The van der Waals surface area contributed by atoms with Crippen molar-refractivity contribution in [2.75, 3.05) is 50.8 Å². The van der Waals surface area contributed by atoms with Crippen LogP contribution >= 0.6 is 0 Å². The number of ether oxygens (including phenoxy) is 1. The molecule has 1 aromatic rings. The lowest BCUT2D eigenvalue weighted by atomic mass is 10.2. The summed E-state index contributed by atoms with van der Waals surface area (Å²) in [7, 11) is 0. The summed E-state index contributed by atoms with van der Waals surface area (Å²) < 4.78 is 5.72. The van der Waals surface area contributed by atoms with Crippen molar-refractivity contribution in [2.45, 2.75) is 32.8 Å². The van der Waals surface area contributed by atoms with Crippen LogP contribution in [0.25, 0.3) is 0 Å². The van der Waals surface area contributed by atoms with Gasteiger partial charge >= 0.3 is 0 Å². The van der Waals surface area contributed by atoms with Gasteiger partial charge in [-0.1, -0.05) is 13.8 Å². The standard InChI is InChI=1S/C22H32N4O4/c1-16(2)14-25-10-11-30-19(15-25)12-23-20(27)13-24-22(29)17-5-7-18(8-6-17)26-9-3-4-21(26)28/h5-8,16,19H,3-4,9-15H2,1-2H3,(H,23,27)(H,24,29). The Bertz CT molecular complexity index is 750. The van der Waals surface area contributed by atoms with Crippen molar-refractivity contribution in [1.82, 2.24) is 15.5 Å². The fourth-order valence-electron chi connectivity index (χ4n) is 3.85. The van der Waals surface area contributed by atoms with Gasteiger partial charge in [-0.05, 0) is 36.6 Å². The Morgan fingerprint density at radius 1 is 1.17 bits per heavy atom. The quantitative estimate of drug-likeness (QED) is 0.660. The van der Waals surface area contributed by atoms with Crippen LogP contribution in [0, 0.1) is 5.92 Å². The molecule has 3 rings (SSSR count). The van der Waals surface area contributed by atoms with Gasteiger partial charge in [0.25, 0.3) is 5.91 Å². The lowest BCUT2D eigenvalue weighted by Crippen LogP contribution is -2.49. The first-order valence-electron chi connectivity index (χ1n) is 10.7. The number of hydrogen-bond donors (Lipinski definition) is 2. The average molecular weight is 417 g/mol. The first-order valence-corrected chi connectivity index (χ1v) is 10.7. The van der Waals surface area contributed by atoms with Crippen LogP contribution in [0.2, 0.25) is 0 Å². The lowest BCUT2D eigenvalue weighted by molar-refractivity contribution is -0.121. The maximum absolute atomic E-state index is 12.3. The summed E-state index contributed by atoms with van der Waals surface area (Å²) in [6, 6.07) is 6.88. The van der Waals surface area contributed by atoms with E-state index in [1.54, 1.807) is 29.2 Å². The van der Waals surface area contributed by atoms with E-state index in [0.29, 0.717) is 37.6 Å². The fourth-order valence-corrected chi connectivity index (χ4v) is 3.85. The number of rotatable bonds is 8. The van der Waals surface area contributed by atoms with Gasteiger partial charge in [0.2, 0.25) is 11.8 Å². The van der Waals surface area contributed by atoms with E-state index in [1.165, 1.54) is 0 Å². The number of carbonyl (C=O) groups excluding carboxylic acids is 3. The molecule has 0 radical (unpaired) electrons. The molecule has 0 aliphatic carbocycles. The molecule has 8 heteroatoms. The van der Waals surface area contributed by atoms with Crippen LogP contribution in [0.15, 0.2) is 24.3 Å². The Balaban J connectivity index is 1.39. The van der Waals surface area contributed by atoms with Crippen LogP contribution in [0.5, 0.6) is 0 Å². The third-order valence-corrected chi connectivity index (χ3v) is 5.30. The summed E-state index contributed by atoms with van der Waals surface area (Å²) in [4.78, 5) is 40.3. The average Bonchev–Trinajstić information content (AvgIpc) is 3.16. The van der Waals surface area contributed by atoms with Crippen LogP contribution in [-0.4, -0.2) is 74.6 Å². The molecule has 0 bridgehead atoms. The molecule has 2 aliphatic heterocycles. The van der Waals surface area contributed by atoms with Crippen molar-refractivity contribution in [3.8, 4) is 0 Å². The molecule has 2 N–H and O–H groups in total. The maximum atomic E-state index is 12.3. The van der Waals surface area contributed by atoms with Gasteiger partial charge in [-0.25, -0.2) is 0 Å². The number of nitrogens with zero attached hydrogens (tertiary/aromatic N) is 2. The molecule has 1 unspecified atom stereocenters. The molecule has 2 fully saturated rings. The second-order valence-electron chi connectivity index (χ2n) is 8.33. The Labute approximate surface area is 177 Å². The molecule has 3 amide bonds. The zero-order valence-electron chi connectivity index (χ0n) is 17.9. The lowest BCUT2D eigenvalue weighted by Gasteiger charge is -2.33. The zero-order valence-corrected chi connectivity index (χ0v) is 17.9. The second kappa shape index (κ2) is 10.5. The minimum absolute atomic E-state index is 0.0296. The van der Waals surface area contributed by atoms with Gasteiger partial charge in [0.15, 0.2) is 0 Å². The van der Waals surface area contributed by atoms with Crippen LogP contribution in [-0.2, 0) is 14.3 Å². The third kappa shape index (κ3) is 6.27. The van der Waals surface area contributed by atoms with Gasteiger partial charge in [-0.15, -0.1) is 0 Å². The van der Waals surface area contributed by atoms with Crippen LogP contribution in [0.1, 0.15) is 37.0 Å². The van der Waals surface area contributed by atoms with E-state index >= 15 is 0 Å². The molecule has 1 aromatic carbocycles. The van der Waals surface area contributed by atoms with E-state index in [4.69, 9.17) is 4.74 Å². The SMILES string of the molecule is CC(C)CN1CCOC(CNC(=O)CNC(=O)c2ccc(N3CCCC3=O)cc2)C1. The molecule has 2 saturated heterocycles. The molecule has 2 heterocycles. The van der Waals surface area contributed by atoms with Crippen molar-refractivity contribution in [3.63, 3.8) is 0 Å². The molecule has 0 aromatic heterocycles. The number of anilines is 1. The summed E-state index contributed by atoms with van der Waals surface area (Å²) in [5.41, 5.74) is 1.25. The number of benzene rings is 1. The summed E-state index contributed by atoms with van der Waals surface area (Å²) in [5.74, 6) is 0.144. The third-order valence-electron chi connectivity index (χ3n) is 5.30. The van der Waals surface area contributed by atoms with E-state index in [-0.39, 0.29) is 30.4 Å². The normalized spacial score (nSPS) is 19.9. The van der Waals surface area contributed by atoms with Gasteiger partial charge in [-0.3, -0.25) is 19.3 Å². The molecule has 0 spiro atoms. The topological polar surface area (TPSA) is 91.0 Å². The van der Waals surface area contributed by atoms with E-state index in [0.717, 1.165) is 31.7 Å². The van der Waals surface area contributed by atoms with Crippen molar-refractivity contribution in [1.29, 1.82) is 0 Å².